The van der Waals surface area contributed by atoms with Crippen LogP contribution in [0.2, 0.25) is 0 Å². The summed E-state index contributed by atoms with van der Waals surface area (Å²) < 4.78 is 40.9. The van der Waals surface area contributed by atoms with E-state index in [0.717, 1.165) is 38.8 Å². The van der Waals surface area contributed by atoms with E-state index in [1.165, 1.54) is 65.5 Å². The molecule has 2 aromatic heterocycles. The second kappa shape index (κ2) is 14.6. The fourth-order valence-electron chi connectivity index (χ4n) is 5.17. The molecule has 4 aromatic rings. The van der Waals surface area contributed by atoms with E-state index in [-0.39, 0.29) is 28.6 Å². The Kier molecular flexibility index (Phi) is 10.3. The minimum atomic E-state index is -0.763. The number of nitrogens with two attached hydrogens (primary N) is 1. The molecule has 0 radical (unpaired) electrons. The lowest BCUT2D eigenvalue weighted by atomic mass is 10.0. The molecule has 1 aliphatic rings. The predicted molar refractivity (Wildman–Crippen MR) is 176 cm³/mol. The van der Waals surface area contributed by atoms with Crippen LogP contribution in [0.4, 0.5) is 20.3 Å². The van der Waals surface area contributed by atoms with Crippen LogP contribution in [-0.4, -0.2) is 77.2 Å². The highest BCUT2D eigenvalue weighted by Crippen LogP contribution is 2.31. The van der Waals surface area contributed by atoms with E-state index in [2.05, 4.69) is 31.9 Å². The summed E-state index contributed by atoms with van der Waals surface area (Å²) in [5, 5.41) is 2.55. The van der Waals surface area contributed by atoms with E-state index in [9.17, 15) is 14.0 Å². The van der Waals surface area contributed by atoms with Crippen molar-refractivity contribution < 1.29 is 23.0 Å². The number of carbonyl (C=O) groups excluding carboxylic acids is 1. The van der Waals surface area contributed by atoms with Gasteiger partial charge in [0.2, 0.25) is 0 Å². The second-order valence-electron chi connectivity index (χ2n) is 11.5. The van der Waals surface area contributed by atoms with Crippen LogP contribution >= 0.6 is 0 Å². The number of benzene rings is 2. The van der Waals surface area contributed by atoms with Gasteiger partial charge in [-0.2, -0.15) is 0 Å². The zero-order valence-corrected chi connectivity index (χ0v) is 26.4. The minimum absolute atomic E-state index is 0.106. The Hall–Kier alpha value is -5.09. The summed E-state index contributed by atoms with van der Waals surface area (Å²) in [6, 6.07) is 13.6. The van der Waals surface area contributed by atoms with Gasteiger partial charge in [-0.1, -0.05) is 11.8 Å². The molecule has 0 bridgehead atoms. The number of amides is 1. The zero-order valence-electron chi connectivity index (χ0n) is 26.4. The van der Waals surface area contributed by atoms with Gasteiger partial charge in [0.25, 0.3) is 11.5 Å². The molecule has 5 rings (SSSR count). The first-order valence-corrected chi connectivity index (χ1v) is 15.1. The molecule has 0 unspecified atom stereocenters. The molecule has 1 saturated heterocycles. The Labute approximate surface area is 271 Å². The van der Waals surface area contributed by atoms with Crippen LogP contribution in [-0.2, 0) is 4.74 Å². The number of hydrogen-bond acceptors (Lipinski definition) is 8. The van der Waals surface area contributed by atoms with Gasteiger partial charge in [0.1, 0.15) is 28.5 Å². The number of nitrogen functional groups attached to an aromatic ring is 1. The summed E-state index contributed by atoms with van der Waals surface area (Å²) >= 11 is 0. The van der Waals surface area contributed by atoms with E-state index >= 15 is 4.39 Å². The summed E-state index contributed by atoms with van der Waals surface area (Å²) in [4.78, 5) is 34.8. The Bertz CT molecular complexity index is 1860. The smallest absolute Gasteiger partial charge is 0.267 e. The third kappa shape index (κ3) is 8.01. The molecular weight excluding hydrogens is 606 g/mol. The van der Waals surface area contributed by atoms with E-state index < -0.39 is 28.6 Å². The van der Waals surface area contributed by atoms with Gasteiger partial charge in [-0.05, 0) is 62.4 Å². The monoisotopic (exact) mass is 642 g/mol. The van der Waals surface area contributed by atoms with Crippen molar-refractivity contribution in [1.29, 1.82) is 0 Å². The molecule has 1 fully saturated rings. The molecule has 0 aliphatic carbocycles. The van der Waals surface area contributed by atoms with E-state index in [4.69, 9.17) is 15.2 Å². The molecule has 2 aromatic carbocycles. The van der Waals surface area contributed by atoms with Crippen LogP contribution in [0.15, 0.2) is 77.9 Å². The molecule has 3 N–H and O–H groups in total. The van der Waals surface area contributed by atoms with Crippen LogP contribution in [0.25, 0.3) is 5.69 Å². The number of rotatable bonds is 9. The first-order valence-electron chi connectivity index (χ1n) is 15.1. The Morgan fingerprint density at radius 2 is 1.79 bits per heavy atom. The standard InChI is InChI=1S/C35H36F2N6O4/c1-35(2,42-19-17-41(18-20-42)21-22-46-3)14-12-27-30(13-15-39-32(27)38)47-31-11-8-25(23-29(31)37)40-33(44)28-5-4-16-43(34(28)45)26-9-6-24(36)7-10-26/h4-11,13,15-16,23H,17-22H2,1-3H3,(H2,38,39)(H,40,44). The maximum Gasteiger partial charge on any atom is 0.267 e. The van der Waals surface area contributed by atoms with Gasteiger partial charge in [0.05, 0.1) is 12.1 Å². The van der Waals surface area contributed by atoms with Crippen LogP contribution in [0.5, 0.6) is 11.5 Å². The van der Waals surface area contributed by atoms with E-state index in [1.54, 1.807) is 13.2 Å². The third-order valence-electron chi connectivity index (χ3n) is 7.92. The average Bonchev–Trinajstić information content (AvgIpc) is 3.05. The molecule has 0 saturated carbocycles. The van der Waals surface area contributed by atoms with Crippen molar-refractivity contribution in [2.75, 3.05) is 57.5 Å². The number of ether oxygens (including phenoxy) is 2. The maximum atomic E-state index is 15.3. The number of anilines is 2. The number of methoxy groups -OCH3 is 1. The molecule has 244 valence electrons. The molecular formula is C35H36F2N6O4. The fourth-order valence-corrected chi connectivity index (χ4v) is 5.17. The Morgan fingerprint density at radius 1 is 1.04 bits per heavy atom. The van der Waals surface area contributed by atoms with Gasteiger partial charge < -0.3 is 20.5 Å². The topological polar surface area (TPSA) is 115 Å². The maximum absolute atomic E-state index is 15.3. The van der Waals surface area contributed by atoms with Crippen LogP contribution in [0.1, 0.15) is 29.8 Å². The molecule has 10 nitrogen and oxygen atoms in total. The zero-order chi connectivity index (χ0) is 33.6. The predicted octanol–water partition coefficient (Wildman–Crippen LogP) is 4.53. The van der Waals surface area contributed by atoms with Crippen molar-refractivity contribution in [3.05, 3.63) is 106 Å². The number of halogens is 2. The summed E-state index contributed by atoms with van der Waals surface area (Å²) in [7, 11) is 1.70. The summed E-state index contributed by atoms with van der Waals surface area (Å²) in [6.07, 6.45) is 2.92. The van der Waals surface area contributed by atoms with Crippen molar-refractivity contribution in [2.24, 2.45) is 0 Å². The normalized spacial score (nSPS) is 13.9. The van der Waals surface area contributed by atoms with E-state index in [0.29, 0.717) is 17.9 Å². The van der Waals surface area contributed by atoms with Crippen LogP contribution in [0, 0.1) is 23.5 Å². The number of nitrogens with one attached hydrogen (secondary N) is 1. The fraction of sp³-hybridized carbons (Fsp3) is 0.286. The molecule has 0 spiro atoms. The highest BCUT2D eigenvalue weighted by Gasteiger charge is 2.28. The van der Waals surface area contributed by atoms with Gasteiger partial charge in [-0.25, -0.2) is 13.8 Å². The largest absolute Gasteiger partial charge is 0.453 e. The van der Waals surface area contributed by atoms with Crippen LogP contribution < -0.4 is 21.3 Å². The SMILES string of the molecule is COCCN1CCN(C(C)(C)C#Cc2c(Oc3ccc(NC(=O)c4cccn(-c5ccc(F)cc5)c4=O)cc3F)ccnc2N)CC1. The number of carbonyl (C=O) groups is 1. The highest BCUT2D eigenvalue weighted by molar-refractivity contribution is 6.04. The summed E-state index contributed by atoms with van der Waals surface area (Å²) in [6.45, 7) is 9.18. The van der Waals surface area contributed by atoms with Crippen molar-refractivity contribution >= 4 is 17.4 Å². The first kappa shape index (κ1) is 33.3. The Morgan fingerprint density at radius 3 is 2.49 bits per heavy atom. The van der Waals surface area contributed by atoms with Gasteiger partial charge in [-0.3, -0.25) is 24.0 Å². The number of nitrogens with zero attached hydrogens (tertiary/aromatic N) is 4. The Balaban J connectivity index is 1.29. The quantitative estimate of drug-likeness (QED) is 0.256. The molecule has 1 amide bonds. The van der Waals surface area contributed by atoms with Crippen molar-refractivity contribution in [1.82, 2.24) is 19.4 Å². The van der Waals surface area contributed by atoms with Gasteiger partial charge in [0, 0.05) is 75.7 Å². The average molecular weight is 643 g/mol. The molecule has 12 heteroatoms. The summed E-state index contributed by atoms with van der Waals surface area (Å²) in [5.74, 6) is 4.71. The highest BCUT2D eigenvalue weighted by atomic mass is 19.1. The third-order valence-corrected chi connectivity index (χ3v) is 7.92. The minimum Gasteiger partial charge on any atom is -0.453 e. The first-order chi connectivity index (χ1) is 22.6. The lowest BCUT2D eigenvalue weighted by Gasteiger charge is -2.41. The number of hydrogen-bond donors (Lipinski definition) is 2. The van der Waals surface area contributed by atoms with Crippen molar-refractivity contribution in [3.8, 4) is 29.0 Å². The number of aromatic nitrogens is 2. The number of piperazine rings is 1. The lowest BCUT2D eigenvalue weighted by molar-refractivity contribution is 0.0638. The van der Waals surface area contributed by atoms with Gasteiger partial charge in [-0.15, -0.1) is 0 Å². The number of pyridine rings is 2. The molecule has 0 atom stereocenters. The van der Waals surface area contributed by atoms with Crippen molar-refractivity contribution in [3.63, 3.8) is 0 Å². The van der Waals surface area contributed by atoms with E-state index in [1.807, 2.05) is 13.8 Å². The van der Waals surface area contributed by atoms with Crippen molar-refractivity contribution in [2.45, 2.75) is 19.4 Å². The molecule has 47 heavy (non-hydrogen) atoms. The van der Waals surface area contributed by atoms with Crippen LogP contribution in [0.3, 0.4) is 0 Å². The second-order valence-corrected chi connectivity index (χ2v) is 11.5. The molecule has 3 heterocycles. The van der Waals surface area contributed by atoms with Gasteiger partial charge in [0.15, 0.2) is 11.6 Å². The van der Waals surface area contributed by atoms with Gasteiger partial charge >= 0.3 is 0 Å². The summed E-state index contributed by atoms with van der Waals surface area (Å²) in [5.41, 5.74) is 5.73. The molecule has 1 aliphatic heterocycles. The lowest BCUT2D eigenvalue weighted by Crippen LogP contribution is -2.54.